The predicted molar refractivity (Wildman–Crippen MR) is 118 cm³/mol. The van der Waals surface area contributed by atoms with Crippen LogP contribution >= 0.6 is 0 Å². The van der Waals surface area contributed by atoms with Crippen molar-refractivity contribution in [1.82, 2.24) is 19.2 Å². The summed E-state index contributed by atoms with van der Waals surface area (Å²) in [4.78, 5) is 17.7. The summed E-state index contributed by atoms with van der Waals surface area (Å²) in [5.74, 6) is -0.337. The Kier molecular flexibility index (Phi) is 6.38. The first-order chi connectivity index (χ1) is 15.4. The SMILES string of the molecule is Cn1ccnc1[C@@H](NC(=O)C1CCN(S(=O)(=O)c2ccccc2)CC1)c1cccc(F)c1. The molecule has 4 rings (SSSR count). The van der Waals surface area contributed by atoms with E-state index in [0.29, 0.717) is 24.2 Å². The summed E-state index contributed by atoms with van der Waals surface area (Å²) in [5.41, 5.74) is 0.594. The molecule has 1 fully saturated rings. The van der Waals surface area contributed by atoms with Gasteiger partial charge in [0.2, 0.25) is 15.9 Å². The molecule has 0 unspecified atom stereocenters. The first-order valence-corrected chi connectivity index (χ1v) is 11.9. The molecule has 32 heavy (non-hydrogen) atoms. The Hall–Kier alpha value is -3.04. The standard InChI is InChI=1S/C23H25FN4O3S/c1-27-15-12-25-22(27)21(18-6-5-7-19(24)16-18)26-23(29)17-10-13-28(14-11-17)32(30,31)20-8-3-2-4-9-20/h2-9,12,15-17,21H,10-11,13-14H2,1H3,(H,26,29)/t21-/m0/s1. The minimum absolute atomic E-state index is 0.195. The van der Waals surface area contributed by atoms with Crippen LogP contribution in [0, 0.1) is 11.7 Å². The van der Waals surface area contributed by atoms with Gasteiger partial charge in [0.25, 0.3) is 0 Å². The van der Waals surface area contributed by atoms with Gasteiger partial charge in [-0.2, -0.15) is 4.31 Å². The molecule has 1 atom stereocenters. The summed E-state index contributed by atoms with van der Waals surface area (Å²) in [6.45, 7) is 0.532. The van der Waals surface area contributed by atoms with E-state index in [1.807, 2.05) is 7.05 Å². The molecular formula is C23H25FN4O3S. The lowest BCUT2D eigenvalue weighted by Crippen LogP contribution is -2.44. The fourth-order valence-corrected chi connectivity index (χ4v) is 5.49. The molecule has 0 bridgehead atoms. The van der Waals surface area contributed by atoms with Gasteiger partial charge in [-0.15, -0.1) is 0 Å². The topological polar surface area (TPSA) is 84.3 Å². The van der Waals surface area contributed by atoms with Gasteiger partial charge in [-0.25, -0.2) is 17.8 Å². The van der Waals surface area contributed by atoms with Crippen molar-refractivity contribution in [3.05, 3.63) is 84.2 Å². The Labute approximate surface area is 186 Å². The van der Waals surface area contributed by atoms with Crippen molar-refractivity contribution < 1.29 is 17.6 Å². The number of piperidine rings is 1. The Balaban J connectivity index is 1.47. The number of nitrogens with zero attached hydrogens (tertiary/aromatic N) is 3. The minimum Gasteiger partial charge on any atom is -0.342 e. The average molecular weight is 457 g/mol. The molecule has 0 radical (unpaired) electrons. The van der Waals surface area contributed by atoms with Gasteiger partial charge < -0.3 is 9.88 Å². The zero-order chi connectivity index (χ0) is 22.7. The van der Waals surface area contributed by atoms with Crippen molar-refractivity contribution in [1.29, 1.82) is 0 Å². The van der Waals surface area contributed by atoms with Crippen molar-refractivity contribution in [3.63, 3.8) is 0 Å². The molecule has 0 saturated carbocycles. The van der Waals surface area contributed by atoms with Crippen molar-refractivity contribution in [2.75, 3.05) is 13.1 Å². The third-order valence-corrected chi connectivity index (χ3v) is 7.70. The van der Waals surface area contributed by atoms with Gasteiger partial charge in [-0.3, -0.25) is 4.79 Å². The Bertz CT molecular complexity index is 1190. The molecule has 1 amide bonds. The zero-order valence-corrected chi connectivity index (χ0v) is 18.5. The average Bonchev–Trinajstić information content (AvgIpc) is 3.23. The van der Waals surface area contributed by atoms with Crippen LogP contribution < -0.4 is 5.32 Å². The van der Waals surface area contributed by atoms with E-state index >= 15 is 0 Å². The van der Waals surface area contributed by atoms with Crippen LogP contribution in [-0.4, -0.2) is 41.3 Å². The fraction of sp³-hybridized carbons (Fsp3) is 0.304. The molecule has 1 aromatic heterocycles. The van der Waals surface area contributed by atoms with E-state index in [4.69, 9.17) is 0 Å². The summed E-state index contributed by atoms with van der Waals surface area (Å²) in [5, 5.41) is 3.00. The second-order valence-electron chi connectivity index (χ2n) is 7.88. The van der Waals surface area contributed by atoms with E-state index in [9.17, 15) is 17.6 Å². The molecule has 1 aliphatic rings. The predicted octanol–water partition coefficient (Wildman–Crippen LogP) is 2.87. The Morgan fingerprint density at radius 3 is 2.47 bits per heavy atom. The molecule has 2 heterocycles. The zero-order valence-electron chi connectivity index (χ0n) is 17.7. The van der Waals surface area contributed by atoms with Gasteiger partial charge in [0.05, 0.1) is 4.90 Å². The van der Waals surface area contributed by atoms with E-state index in [0.717, 1.165) is 0 Å². The van der Waals surface area contributed by atoms with Gasteiger partial charge in [0.15, 0.2) is 0 Å². The third-order valence-electron chi connectivity index (χ3n) is 5.79. The van der Waals surface area contributed by atoms with Crippen LogP contribution in [-0.2, 0) is 21.9 Å². The molecule has 1 N–H and O–H groups in total. The summed E-state index contributed by atoms with van der Waals surface area (Å²) in [6, 6.07) is 13.8. The monoisotopic (exact) mass is 456 g/mol. The summed E-state index contributed by atoms with van der Waals surface area (Å²) in [7, 11) is -1.76. The quantitative estimate of drug-likeness (QED) is 0.618. The number of imidazole rings is 1. The van der Waals surface area contributed by atoms with Crippen LogP contribution in [0.3, 0.4) is 0 Å². The molecule has 9 heteroatoms. The van der Waals surface area contributed by atoms with Crippen LogP contribution in [0.4, 0.5) is 4.39 Å². The number of aromatic nitrogens is 2. The lowest BCUT2D eigenvalue weighted by molar-refractivity contribution is -0.126. The molecule has 168 valence electrons. The van der Waals surface area contributed by atoms with Crippen molar-refractivity contribution >= 4 is 15.9 Å². The molecule has 1 aliphatic heterocycles. The normalized spacial score (nSPS) is 16.6. The number of sulfonamides is 1. The maximum Gasteiger partial charge on any atom is 0.243 e. The van der Waals surface area contributed by atoms with E-state index in [1.54, 1.807) is 59.4 Å². The number of hydrogen-bond acceptors (Lipinski definition) is 4. The summed E-state index contributed by atoms with van der Waals surface area (Å²) >= 11 is 0. The smallest absolute Gasteiger partial charge is 0.243 e. The second-order valence-corrected chi connectivity index (χ2v) is 9.82. The van der Waals surface area contributed by atoms with Gasteiger partial charge in [0.1, 0.15) is 17.7 Å². The highest BCUT2D eigenvalue weighted by Gasteiger charge is 2.33. The number of halogens is 1. The molecule has 1 saturated heterocycles. The highest BCUT2D eigenvalue weighted by atomic mass is 32.2. The van der Waals surface area contributed by atoms with Crippen molar-refractivity contribution in [2.24, 2.45) is 13.0 Å². The highest BCUT2D eigenvalue weighted by molar-refractivity contribution is 7.89. The number of benzene rings is 2. The summed E-state index contributed by atoms with van der Waals surface area (Å²) < 4.78 is 42.7. The third kappa shape index (κ3) is 4.58. The molecule has 2 aromatic carbocycles. The van der Waals surface area contributed by atoms with Crippen molar-refractivity contribution in [3.8, 4) is 0 Å². The number of carbonyl (C=O) groups is 1. The van der Waals surface area contributed by atoms with Gasteiger partial charge in [-0.05, 0) is 42.7 Å². The number of amides is 1. The van der Waals surface area contributed by atoms with E-state index in [-0.39, 0.29) is 29.8 Å². The number of rotatable bonds is 6. The second kappa shape index (κ2) is 9.22. The first-order valence-electron chi connectivity index (χ1n) is 10.4. The molecule has 7 nitrogen and oxygen atoms in total. The van der Waals surface area contributed by atoms with Crippen molar-refractivity contribution in [2.45, 2.75) is 23.8 Å². The maximum absolute atomic E-state index is 13.9. The van der Waals surface area contributed by atoms with Crippen LogP contribution in [0.5, 0.6) is 0 Å². The number of hydrogen-bond donors (Lipinski definition) is 1. The lowest BCUT2D eigenvalue weighted by Gasteiger charge is -2.31. The first kappa shape index (κ1) is 22.2. The molecule has 3 aromatic rings. The largest absolute Gasteiger partial charge is 0.342 e. The Morgan fingerprint density at radius 2 is 1.84 bits per heavy atom. The van der Waals surface area contributed by atoms with Gasteiger partial charge in [0, 0.05) is 38.4 Å². The summed E-state index contributed by atoms with van der Waals surface area (Å²) in [6.07, 6.45) is 4.21. The van der Waals surface area contributed by atoms with Crippen LogP contribution in [0.25, 0.3) is 0 Å². The van der Waals surface area contributed by atoms with Crippen LogP contribution in [0.15, 0.2) is 71.9 Å². The van der Waals surface area contributed by atoms with Crippen LogP contribution in [0.1, 0.15) is 30.3 Å². The van der Waals surface area contributed by atoms with E-state index in [2.05, 4.69) is 10.3 Å². The maximum atomic E-state index is 13.9. The molecule has 0 aliphatic carbocycles. The lowest BCUT2D eigenvalue weighted by atomic mass is 9.96. The number of nitrogens with one attached hydrogen (secondary N) is 1. The fourth-order valence-electron chi connectivity index (χ4n) is 4.00. The minimum atomic E-state index is -3.58. The molecular weight excluding hydrogens is 431 g/mol. The van der Waals surface area contributed by atoms with E-state index < -0.39 is 21.9 Å². The Morgan fingerprint density at radius 1 is 1.12 bits per heavy atom. The highest BCUT2D eigenvalue weighted by Crippen LogP contribution is 2.26. The number of carbonyl (C=O) groups excluding carboxylic acids is 1. The van der Waals surface area contributed by atoms with Crippen LogP contribution in [0.2, 0.25) is 0 Å². The van der Waals surface area contributed by atoms with Gasteiger partial charge in [-0.1, -0.05) is 30.3 Å². The van der Waals surface area contributed by atoms with E-state index in [1.165, 1.54) is 16.4 Å². The molecule has 0 spiro atoms. The van der Waals surface area contributed by atoms with Gasteiger partial charge >= 0.3 is 0 Å². The number of aryl methyl sites for hydroxylation is 1.